The minimum Gasteiger partial charge on any atom is -0.393 e. The Hall–Kier alpha value is -2.13. The van der Waals surface area contributed by atoms with E-state index in [1.807, 2.05) is 37.3 Å². The number of halogens is 1. The average molecular weight is 518 g/mol. The van der Waals surface area contributed by atoms with E-state index < -0.39 is 45.0 Å². The van der Waals surface area contributed by atoms with Crippen LogP contribution in [0.4, 0.5) is 4.39 Å². The quantitative estimate of drug-likeness (QED) is 0.541. The third kappa shape index (κ3) is 5.42. The normalized spacial score (nSPS) is 24.8. The molecular weight excluding hydrogens is 481 g/mol. The standard InChI is InChI=1S/C28H36FNO5S/c1-20-10-13-27(21-8-4-2-5-9-21)36(34,35)30(20)18-22-11-12-23(16-24(22)29)28(14-6-3-7-15-28)17-25(32)26(33)19-31/h2,4-5,8-9,11-12,16,20,26-27,31,33H,3,6-7,10,13-15,17-19H2,1H3/t20-,26?,27+/m0/s1. The molecule has 4 rings (SSSR count). The van der Waals surface area contributed by atoms with Crippen molar-refractivity contribution in [2.45, 2.75) is 87.6 Å². The molecule has 0 bridgehead atoms. The highest BCUT2D eigenvalue weighted by Crippen LogP contribution is 2.44. The first-order chi connectivity index (χ1) is 17.2. The summed E-state index contributed by atoms with van der Waals surface area (Å²) in [4.78, 5) is 12.5. The van der Waals surface area contributed by atoms with Crippen molar-refractivity contribution in [3.05, 3.63) is 71.0 Å². The first-order valence-corrected chi connectivity index (χ1v) is 14.3. The Morgan fingerprint density at radius 3 is 2.44 bits per heavy atom. The molecule has 1 saturated carbocycles. The highest BCUT2D eigenvalue weighted by molar-refractivity contribution is 7.89. The fourth-order valence-electron chi connectivity index (χ4n) is 5.87. The van der Waals surface area contributed by atoms with Gasteiger partial charge in [0, 0.05) is 30.0 Å². The molecule has 2 aliphatic rings. The molecule has 3 atom stereocenters. The Morgan fingerprint density at radius 2 is 1.81 bits per heavy atom. The van der Waals surface area contributed by atoms with Crippen LogP contribution in [0.25, 0.3) is 0 Å². The van der Waals surface area contributed by atoms with E-state index in [1.165, 1.54) is 10.4 Å². The van der Waals surface area contributed by atoms with E-state index in [-0.39, 0.29) is 19.0 Å². The fraction of sp³-hybridized carbons (Fsp3) is 0.536. The van der Waals surface area contributed by atoms with E-state index in [9.17, 15) is 23.4 Å². The fourth-order valence-corrected chi connectivity index (χ4v) is 8.06. The molecule has 1 unspecified atom stereocenters. The number of hydrogen-bond acceptors (Lipinski definition) is 5. The lowest BCUT2D eigenvalue weighted by molar-refractivity contribution is -0.130. The summed E-state index contributed by atoms with van der Waals surface area (Å²) < 4.78 is 44.0. The van der Waals surface area contributed by atoms with Gasteiger partial charge in [-0.3, -0.25) is 4.79 Å². The minimum atomic E-state index is -3.68. The lowest BCUT2D eigenvalue weighted by Gasteiger charge is -2.39. The van der Waals surface area contributed by atoms with Gasteiger partial charge in [-0.1, -0.05) is 61.7 Å². The van der Waals surface area contributed by atoms with Crippen LogP contribution < -0.4 is 0 Å². The second-order valence-electron chi connectivity index (χ2n) is 10.4. The third-order valence-electron chi connectivity index (χ3n) is 8.06. The predicted octanol–water partition coefficient (Wildman–Crippen LogP) is 4.40. The second kappa shape index (κ2) is 11.1. The second-order valence-corrected chi connectivity index (χ2v) is 12.5. The summed E-state index contributed by atoms with van der Waals surface area (Å²) >= 11 is 0. The summed E-state index contributed by atoms with van der Waals surface area (Å²) in [6, 6.07) is 13.8. The summed E-state index contributed by atoms with van der Waals surface area (Å²) in [5.74, 6) is -0.930. The number of aliphatic hydroxyl groups excluding tert-OH is 2. The number of sulfonamides is 1. The van der Waals surface area contributed by atoms with Crippen LogP contribution in [0.5, 0.6) is 0 Å². The summed E-state index contributed by atoms with van der Waals surface area (Å²) in [5.41, 5.74) is 1.15. The third-order valence-corrected chi connectivity index (χ3v) is 10.4. The van der Waals surface area contributed by atoms with Gasteiger partial charge in [0.1, 0.15) is 17.2 Å². The van der Waals surface area contributed by atoms with Crippen LogP contribution >= 0.6 is 0 Å². The highest BCUT2D eigenvalue weighted by Gasteiger charge is 2.41. The van der Waals surface area contributed by atoms with Gasteiger partial charge in [-0.05, 0) is 49.8 Å². The van der Waals surface area contributed by atoms with E-state index in [4.69, 9.17) is 0 Å². The molecule has 6 nitrogen and oxygen atoms in total. The monoisotopic (exact) mass is 517 g/mol. The van der Waals surface area contributed by atoms with Crippen LogP contribution in [0.3, 0.4) is 0 Å². The summed E-state index contributed by atoms with van der Waals surface area (Å²) in [5, 5.41) is 18.4. The number of ketones is 1. The largest absolute Gasteiger partial charge is 0.393 e. The molecule has 1 saturated heterocycles. The van der Waals surface area contributed by atoms with Crippen molar-refractivity contribution in [3.8, 4) is 0 Å². The molecule has 36 heavy (non-hydrogen) atoms. The molecule has 0 spiro atoms. The Balaban J connectivity index is 1.60. The number of carbonyl (C=O) groups excluding carboxylic acids is 1. The van der Waals surface area contributed by atoms with Crippen molar-refractivity contribution in [1.29, 1.82) is 0 Å². The molecule has 1 heterocycles. The van der Waals surface area contributed by atoms with Gasteiger partial charge < -0.3 is 10.2 Å². The summed E-state index contributed by atoms with van der Waals surface area (Å²) in [7, 11) is -3.68. The molecule has 2 fully saturated rings. The van der Waals surface area contributed by atoms with Gasteiger partial charge in [0.2, 0.25) is 10.0 Å². The van der Waals surface area contributed by atoms with Gasteiger partial charge in [0.05, 0.1) is 6.61 Å². The number of carbonyl (C=O) groups is 1. The van der Waals surface area contributed by atoms with Gasteiger partial charge >= 0.3 is 0 Å². The van der Waals surface area contributed by atoms with E-state index in [1.54, 1.807) is 12.1 Å². The maximum absolute atomic E-state index is 15.5. The molecule has 1 aliphatic heterocycles. The van der Waals surface area contributed by atoms with Gasteiger partial charge in [-0.2, -0.15) is 4.31 Å². The van der Waals surface area contributed by atoms with Crippen LogP contribution in [-0.4, -0.2) is 47.5 Å². The summed E-state index contributed by atoms with van der Waals surface area (Å²) in [6.07, 6.45) is 4.07. The SMILES string of the molecule is C[C@H]1CC[C@H](c2ccccc2)S(=O)(=O)N1Cc1ccc(C2(CC(=O)C(O)CO)CCCCC2)cc1F. The zero-order valence-electron chi connectivity index (χ0n) is 20.8. The van der Waals surface area contributed by atoms with Crippen molar-refractivity contribution in [2.75, 3.05) is 6.61 Å². The molecular formula is C28H36FNO5S. The van der Waals surface area contributed by atoms with Gasteiger partial charge in [0.15, 0.2) is 5.78 Å². The lowest BCUT2D eigenvalue weighted by Crippen LogP contribution is -2.44. The number of nitrogens with zero attached hydrogens (tertiary/aromatic N) is 1. The molecule has 0 amide bonds. The van der Waals surface area contributed by atoms with Crippen molar-refractivity contribution in [1.82, 2.24) is 4.31 Å². The topological polar surface area (TPSA) is 94.9 Å². The van der Waals surface area contributed by atoms with Crippen LogP contribution in [0.15, 0.2) is 48.5 Å². The van der Waals surface area contributed by atoms with Gasteiger partial charge in [0.25, 0.3) is 0 Å². The summed E-state index contributed by atoms with van der Waals surface area (Å²) in [6.45, 7) is 1.18. The Labute approximate surface area is 213 Å². The van der Waals surface area contributed by atoms with E-state index in [0.29, 0.717) is 36.8 Å². The molecule has 1 aliphatic carbocycles. The van der Waals surface area contributed by atoms with Crippen LogP contribution in [0.1, 0.15) is 80.2 Å². The Morgan fingerprint density at radius 1 is 1.11 bits per heavy atom. The highest BCUT2D eigenvalue weighted by atomic mass is 32.2. The van der Waals surface area contributed by atoms with Crippen molar-refractivity contribution >= 4 is 15.8 Å². The zero-order valence-corrected chi connectivity index (χ0v) is 21.6. The molecule has 2 aromatic rings. The molecule has 196 valence electrons. The van der Waals surface area contributed by atoms with Crippen molar-refractivity contribution in [3.63, 3.8) is 0 Å². The molecule has 2 aromatic carbocycles. The van der Waals surface area contributed by atoms with Crippen LogP contribution in [0.2, 0.25) is 0 Å². The van der Waals surface area contributed by atoms with Crippen LogP contribution in [0, 0.1) is 5.82 Å². The first-order valence-electron chi connectivity index (χ1n) is 12.8. The number of benzene rings is 2. The maximum atomic E-state index is 15.5. The van der Waals surface area contributed by atoms with Crippen molar-refractivity contribution < 1.29 is 27.8 Å². The molecule has 0 aromatic heterocycles. The minimum absolute atomic E-state index is 0.0454. The van der Waals surface area contributed by atoms with Crippen LogP contribution in [-0.2, 0) is 26.8 Å². The number of aliphatic hydroxyl groups is 2. The average Bonchev–Trinajstić information content (AvgIpc) is 2.87. The van der Waals surface area contributed by atoms with Gasteiger partial charge in [-0.25, -0.2) is 12.8 Å². The Kier molecular flexibility index (Phi) is 8.29. The number of hydrogen-bond donors (Lipinski definition) is 2. The molecule has 8 heteroatoms. The first kappa shape index (κ1) is 26.9. The number of Topliss-reactive ketones (excluding diaryl/α,β-unsaturated/α-hetero) is 1. The molecule has 0 radical (unpaired) electrons. The van der Waals surface area contributed by atoms with Gasteiger partial charge in [-0.15, -0.1) is 0 Å². The number of rotatable bonds is 8. The van der Waals surface area contributed by atoms with E-state index in [2.05, 4.69) is 0 Å². The van der Waals surface area contributed by atoms with E-state index in [0.717, 1.165) is 24.8 Å². The Bertz CT molecular complexity index is 1160. The maximum Gasteiger partial charge on any atom is 0.221 e. The predicted molar refractivity (Wildman–Crippen MR) is 136 cm³/mol. The van der Waals surface area contributed by atoms with E-state index >= 15 is 4.39 Å². The molecule has 2 N–H and O–H groups in total. The smallest absolute Gasteiger partial charge is 0.221 e. The van der Waals surface area contributed by atoms with Crippen molar-refractivity contribution in [2.24, 2.45) is 0 Å². The zero-order chi connectivity index (χ0) is 25.9. The lowest BCUT2D eigenvalue weighted by atomic mass is 9.66.